The summed E-state index contributed by atoms with van der Waals surface area (Å²) in [4.78, 5) is 30.3. The SMILES string of the molecule is CCN(c1cc(F)cc(C(=O)NCC2C(=O)NC(C)CC2C)c1C)C1C[C@@H](C)N(CC)[C@H](C)C1. The molecule has 3 rings (SSSR count). The van der Waals surface area contributed by atoms with Gasteiger partial charge in [-0.3, -0.25) is 14.5 Å². The average Bonchev–Trinajstić information content (AvgIpc) is 2.75. The van der Waals surface area contributed by atoms with E-state index < -0.39 is 5.82 Å². The number of rotatable bonds is 7. The highest BCUT2D eigenvalue weighted by atomic mass is 19.1. The molecule has 2 amide bonds. The maximum absolute atomic E-state index is 14.8. The number of carbonyl (C=O) groups is 2. The van der Waals surface area contributed by atoms with Crippen LogP contribution >= 0.6 is 0 Å². The van der Waals surface area contributed by atoms with E-state index in [-0.39, 0.29) is 36.2 Å². The Hall–Kier alpha value is -2.15. The van der Waals surface area contributed by atoms with Crippen LogP contribution in [0, 0.1) is 24.6 Å². The lowest BCUT2D eigenvalue weighted by Crippen LogP contribution is -2.53. The van der Waals surface area contributed by atoms with Crippen molar-refractivity contribution in [2.75, 3.05) is 24.5 Å². The number of anilines is 1. The molecule has 2 saturated heterocycles. The highest BCUT2D eigenvalue weighted by Gasteiger charge is 2.34. The lowest BCUT2D eigenvalue weighted by Gasteiger charge is -2.46. The molecule has 0 bridgehead atoms. The Morgan fingerprint density at radius 1 is 1.15 bits per heavy atom. The molecule has 2 heterocycles. The van der Waals surface area contributed by atoms with Crippen LogP contribution in [-0.4, -0.2) is 60.5 Å². The highest BCUT2D eigenvalue weighted by molar-refractivity contribution is 5.97. The number of amides is 2. The Bertz CT molecular complexity index is 880. The molecule has 190 valence electrons. The van der Waals surface area contributed by atoms with E-state index in [2.05, 4.69) is 48.1 Å². The van der Waals surface area contributed by atoms with Gasteiger partial charge in [0.1, 0.15) is 5.82 Å². The second-order valence-electron chi connectivity index (χ2n) is 10.5. The number of carbonyl (C=O) groups excluding carboxylic acids is 2. The van der Waals surface area contributed by atoms with Crippen LogP contribution in [0.5, 0.6) is 0 Å². The summed E-state index contributed by atoms with van der Waals surface area (Å²) in [6.07, 6.45) is 2.90. The normalized spacial score (nSPS) is 30.1. The summed E-state index contributed by atoms with van der Waals surface area (Å²) >= 11 is 0. The van der Waals surface area contributed by atoms with Gasteiger partial charge in [0, 0.05) is 48.5 Å². The number of likely N-dealkylation sites (tertiary alicyclic amines) is 1. The van der Waals surface area contributed by atoms with E-state index in [9.17, 15) is 14.0 Å². The molecule has 3 unspecified atom stereocenters. The first kappa shape index (κ1) is 26.5. The van der Waals surface area contributed by atoms with E-state index in [0.29, 0.717) is 23.7 Å². The number of nitrogens with zero attached hydrogens (tertiary/aromatic N) is 2. The third-order valence-electron chi connectivity index (χ3n) is 8.02. The van der Waals surface area contributed by atoms with Crippen molar-refractivity contribution in [1.29, 1.82) is 0 Å². The number of halogens is 1. The van der Waals surface area contributed by atoms with Gasteiger partial charge in [-0.1, -0.05) is 13.8 Å². The molecule has 0 saturated carbocycles. The monoisotopic (exact) mass is 474 g/mol. The Kier molecular flexibility index (Phi) is 8.61. The number of hydrogen-bond donors (Lipinski definition) is 2. The molecule has 0 radical (unpaired) electrons. The van der Waals surface area contributed by atoms with Gasteiger partial charge in [0.15, 0.2) is 0 Å². The smallest absolute Gasteiger partial charge is 0.251 e. The Balaban J connectivity index is 1.79. The first-order valence-electron chi connectivity index (χ1n) is 13.0. The van der Waals surface area contributed by atoms with E-state index in [1.165, 1.54) is 6.07 Å². The molecule has 34 heavy (non-hydrogen) atoms. The quantitative estimate of drug-likeness (QED) is 0.624. The fourth-order valence-corrected chi connectivity index (χ4v) is 6.27. The van der Waals surface area contributed by atoms with Crippen molar-refractivity contribution in [2.45, 2.75) is 91.9 Å². The molecule has 0 aliphatic carbocycles. The maximum atomic E-state index is 14.8. The molecule has 0 spiro atoms. The topological polar surface area (TPSA) is 64.7 Å². The van der Waals surface area contributed by atoms with Gasteiger partial charge in [-0.05, 0) is 84.0 Å². The van der Waals surface area contributed by atoms with Crippen LogP contribution in [0.4, 0.5) is 10.1 Å². The standard InChI is InChI=1S/C27H43FN4O2/c1-8-31-18(5)11-22(12-19(31)6)32(9-2)25-14-21(28)13-23(20(25)7)26(33)29-15-24-16(3)10-17(4)30-27(24)34/h13-14,16-19,22,24H,8-12,15H2,1-7H3,(H,29,33)(H,30,34)/t16?,17?,18-,19-,24?/m1/s1. The predicted molar refractivity (Wildman–Crippen MR) is 136 cm³/mol. The summed E-state index contributed by atoms with van der Waals surface area (Å²) < 4.78 is 14.8. The van der Waals surface area contributed by atoms with Crippen LogP contribution in [0.1, 0.15) is 76.7 Å². The molecule has 1 aromatic carbocycles. The molecule has 1 aromatic rings. The van der Waals surface area contributed by atoms with E-state index >= 15 is 0 Å². The zero-order valence-electron chi connectivity index (χ0n) is 22.0. The van der Waals surface area contributed by atoms with Gasteiger partial charge in [-0.25, -0.2) is 4.39 Å². The van der Waals surface area contributed by atoms with Gasteiger partial charge in [-0.15, -0.1) is 0 Å². The van der Waals surface area contributed by atoms with Crippen molar-refractivity contribution in [3.63, 3.8) is 0 Å². The van der Waals surface area contributed by atoms with Crippen molar-refractivity contribution < 1.29 is 14.0 Å². The maximum Gasteiger partial charge on any atom is 0.251 e. The number of hydrogen-bond acceptors (Lipinski definition) is 4. The summed E-state index contributed by atoms with van der Waals surface area (Å²) in [7, 11) is 0. The molecule has 5 atom stereocenters. The van der Waals surface area contributed by atoms with Gasteiger partial charge in [0.2, 0.25) is 5.91 Å². The molecule has 2 N–H and O–H groups in total. The summed E-state index contributed by atoms with van der Waals surface area (Å²) in [6.45, 7) is 16.8. The average molecular weight is 475 g/mol. The first-order valence-corrected chi connectivity index (χ1v) is 13.0. The zero-order valence-corrected chi connectivity index (χ0v) is 22.0. The summed E-state index contributed by atoms with van der Waals surface area (Å²) in [6, 6.07) is 4.24. The highest BCUT2D eigenvalue weighted by Crippen LogP contribution is 2.33. The summed E-state index contributed by atoms with van der Waals surface area (Å²) in [5, 5.41) is 5.88. The number of nitrogens with one attached hydrogen (secondary N) is 2. The molecule has 2 aliphatic heterocycles. The Morgan fingerprint density at radius 3 is 2.35 bits per heavy atom. The summed E-state index contributed by atoms with van der Waals surface area (Å²) in [5.41, 5.74) is 1.92. The third kappa shape index (κ3) is 5.56. The van der Waals surface area contributed by atoms with Crippen LogP contribution in [0.3, 0.4) is 0 Å². The molecular formula is C27H43FN4O2. The first-order chi connectivity index (χ1) is 16.1. The molecule has 2 aliphatic rings. The van der Waals surface area contributed by atoms with Gasteiger partial charge in [-0.2, -0.15) is 0 Å². The van der Waals surface area contributed by atoms with Crippen LogP contribution in [0.15, 0.2) is 12.1 Å². The molecule has 2 fully saturated rings. The van der Waals surface area contributed by atoms with E-state index in [4.69, 9.17) is 0 Å². The third-order valence-corrected chi connectivity index (χ3v) is 8.02. The van der Waals surface area contributed by atoms with Gasteiger partial charge < -0.3 is 15.5 Å². The lowest BCUT2D eigenvalue weighted by atomic mass is 9.84. The van der Waals surface area contributed by atoms with Gasteiger partial charge in [0.25, 0.3) is 5.91 Å². The zero-order chi connectivity index (χ0) is 25.2. The number of benzene rings is 1. The van der Waals surface area contributed by atoms with E-state index in [1.54, 1.807) is 6.07 Å². The fraction of sp³-hybridized carbons (Fsp3) is 0.704. The summed E-state index contributed by atoms with van der Waals surface area (Å²) in [5.74, 6) is -0.847. The van der Waals surface area contributed by atoms with Crippen molar-refractivity contribution in [3.05, 3.63) is 29.1 Å². The fourth-order valence-electron chi connectivity index (χ4n) is 6.27. The van der Waals surface area contributed by atoms with Gasteiger partial charge in [0.05, 0.1) is 5.92 Å². The largest absolute Gasteiger partial charge is 0.368 e. The molecular weight excluding hydrogens is 431 g/mol. The van der Waals surface area contributed by atoms with Crippen molar-refractivity contribution in [2.24, 2.45) is 11.8 Å². The van der Waals surface area contributed by atoms with Crippen LogP contribution in [0.2, 0.25) is 0 Å². The van der Waals surface area contributed by atoms with Crippen LogP contribution in [0.25, 0.3) is 0 Å². The Morgan fingerprint density at radius 2 is 1.79 bits per heavy atom. The van der Waals surface area contributed by atoms with Gasteiger partial charge >= 0.3 is 0 Å². The second-order valence-corrected chi connectivity index (χ2v) is 10.5. The molecule has 7 heteroatoms. The number of piperidine rings is 2. The minimum atomic E-state index is -0.408. The van der Waals surface area contributed by atoms with Crippen LogP contribution < -0.4 is 15.5 Å². The second kappa shape index (κ2) is 11.1. The van der Waals surface area contributed by atoms with E-state index in [1.807, 2.05) is 20.8 Å². The molecule has 6 nitrogen and oxygen atoms in total. The van der Waals surface area contributed by atoms with Crippen LogP contribution in [-0.2, 0) is 4.79 Å². The predicted octanol–water partition coefficient (Wildman–Crippen LogP) is 4.11. The van der Waals surface area contributed by atoms with Crippen molar-refractivity contribution >= 4 is 17.5 Å². The van der Waals surface area contributed by atoms with E-state index in [0.717, 1.165) is 43.6 Å². The minimum absolute atomic E-state index is 0.0259. The van der Waals surface area contributed by atoms with Crippen molar-refractivity contribution in [1.82, 2.24) is 15.5 Å². The molecule has 0 aromatic heterocycles. The lowest BCUT2D eigenvalue weighted by molar-refractivity contribution is -0.129. The van der Waals surface area contributed by atoms with Crippen molar-refractivity contribution in [3.8, 4) is 0 Å². The minimum Gasteiger partial charge on any atom is -0.368 e. The Labute approximate surface area is 204 Å².